The number of aliphatic hydroxyl groups is 1. The van der Waals surface area contributed by atoms with Crippen LogP contribution in [0.1, 0.15) is 78.9 Å². The first kappa shape index (κ1) is 39.8. The van der Waals surface area contributed by atoms with Crippen molar-refractivity contribution in [3.63, 3.8) is 0 Å². The van der Waals surface area contributed by atoms with Crippen LogP contribution in [0.2, 0.25) is 0 Å². The number of ether oxygens (including phenoxy) is 2. The van der Waals surface area contributed by atoms with E-state index in [0.29, 0.717) is 18.9 Å². The predicted octanol–water partition coefficient (Wildman–Crippen LogP) is 4.07. The van der Waals surface area contributed by atoms with E-state index in [2.05, 4.69) is 34.4 Å². The Kier molecular flexibility index (Phi) is 15.4. The topological polar surface area (TPSA) is 146 Å². The highest BCUT2D eigenvalue weighted by atomic mass is 16.5. The van der Waals surface area contributed by atoms with Crippen LogP contribution in [0.4, 0.5) is 5.95 Å². The molecule has 1 aromatic heterocycles. The third-order valence-corrected chi connectivity index (χ3v) is 10.0. The van der Waals surface area contributed by atoms with Crippen molar-refractivity contribution < 1.29 is 29.0 Å². The lowest BCUT2D eigenvalue weighted by molar-refractivity contribution is -0.146. The molecule has 2 unspecified atom stereocenters. The molecule has 0 saturated carbocycles. The van der Waals surface area contributed by atoms with Gasteiger partial charge in [-0.3, -0.25) is 14.4 Å². The largest absolute Gasteiger partial charge is 0.386 e. The molecule has 0 bridgehead atoms. The van der Waals surface area contributed by atoms with Gasteiger partial charge in [0.15, 0.2) is 0 Å². The zero-order valence-corrected chi connectivity index (χ0v) is 30.7. The van der Waals surface area contributed by atoms with Gasteiger partial charge in [-0.1, -0.05) is 71.4 Å². The Morgan fingerprint density at radius 2 is 1.67 bits per heavy atom. The fourth-order valence-electron chi connectivity index (χ4n) is 6.93. The molecule has 49 heavy (non-hydrogen) atoms. The second kappa shape index (κ2) is 19.0. The van der Waals surface area contributed by atoms with E-state index >= 15 is 0 Å². The number of aliphatic hydroxyl groups excluding tert-OH is 1. The van der Waals surface area contributed by atoms with Crippen LogP contribution >= 0.6 is 0 Å². The first-order valence-corrected chi connectivity index (χ1v) is 17.5. The monoisotopic (exact) mass is 682 g/mol. The summed E-state index contributed by atoms with van der Waals surface area (Å²) in [6.07, 6.45) is 3.58. The number of carbonyl (C=O) groups is 3. The average Bonchev–Trinajstić information content (AvgIpc) is 3.60. The van der Waals surface area contributed by atoms with Gasteiger partial charge in [0, 0.05) is 40.2 Å². The molecule has 0 radical (unpaired) electrons. The van der Waals surface area contributed by atoms with Gasteiger partial charge >= 0.3 is 0 Å². The highest BCUT2D eigenvalue weighted by Gasteiger charge is 2.43. The van der Waals surface area contributed by atoms with Crippen LogP contribution in [0, 0.1) is 17.8 Å². The van der Waals surface area contributed by atoms with E-state index < -0.39 is 36.3 Å². The minimum Gasteiger partial charge on any atom is -0.386 e. The van der Waals surface area contributed by atoms with E-state index in [1.54, 1.807) is 58.5 Å². The van der Waals surface area contributed by atoms with Crippen molar-refractivity contribution in [3.05, 3.63) is 54.4 Å². The van der Waals surface area contributed by atoms with Crippen LogP contribution in [-0.4, -0.2) is 107 Å². The summed E-state index contributed by atoms with van der Waals surface area (Å²) in [5, 5.41) is 16.9. The molecule has 1 fully saturated rings. The number of likely N-dealkylation sites (N-methyl/N-ethyl adjacent to an activating group) is 1. The fraction of sp³-hybridized carbons (Fsp3) is 0.649. The Labute approximate surface area is 292 Å². The van der Waals surface area contributed by atoms with Gasteiger partial charge in [-0.05, 0) is 43.2 Å². The molecule has 9 atom stereocenters. The third kappa shape index (κ3) is 10.2. The van der Waals surface area contributed by atoms with Gasteiger partial charge in [0.1, 0.15) is 6.04 Å². The van der Waals surface area contributed by atoms with E-state index in [0.717, 1.165) is 18.4 Å². The molecule has 0 aliphatic carbocycles. The maximum atomic E-state index is 14.1. The second-order valence-electron chi connectivity index (χ2n) is 13.7. The Balaban J connectivity index is 1.74. The smallest absolute Gasteiger partial charge is 0.245 e. The van der Waals surface area contributed by atoms with E-state index in [1.165, 1.54) is 0 Å². The van der Waals surface area contributed by atoms with E-state index in [-0.39, 0.29) is 48.1 Å². The van der Waals surface area contributed by atoms with Gasteiger partial charge in [-0.25, -0.2) is 9.97 Å². The van der Waals surface area contributed by atoms with Crippen LogP contribution in [0.25, 0.3) is 0 Å². The number of amides is 3. The molecule has 12 heteroatoms. The molecule has 1 saturated heterocycles. The summed E-state index contributed by atoms with van der Waals surface area (Å²) >= 11 is 0. The van der Waals surface area contributed by atoms with Crippen molar-refractivity contribution in [3.8, 4) is 0 Å². The SMILES string of the molecule is CC[C@H](C)[C@@H]([C@@H](CC(=O)N1CCCC1[C@H](OC)[C@@H](C)C(=O)N[C@H](C)[C@@H](O)c1ccccc1)OC)N(C)C(=O)C(Nc1ncccn1)C(C)C. The number of likely N-dealkylation sites (tertiary alicyclic amines) is 1. The summed E-state index contributed by atoms with van der Waals surface area (Å²) in [5.41, 5.74) is 0.718. The van der Waals surface area contributed by atoms with Gasteiger partial charge in [0.05, 0.1) is 48.8 Å². The molecule has 1 aliphatic heterocycles. The number of nitrogens with zero attached hydrogens (tertiary/aromatic N) is 4. The van der Waals surface area contributed by atoms with Crippen molar-refractivity contribution in [2.45, 2.75) is 110 Å². The lowest BCUT2D eigenvalue weighted by atomic mass is 9.89. The highest BCUT2D eigenvalue weighted by molar-refractivity contribution is 5.85. The molecule has 2 heterocycles. The minimum absolute atomic E-state index is 0.0329. The summed E-state index contributed by atoms with van der Waals surface area (Å²) in [6, 6.07) is 9.13. The summed E-state index contributed by atoms with van der Waals surface area (Å²) in [5.74, 6) is -0.731. The molecule has 3 rings (SSSR count). The van der Waals surface area contributed by atoms with Gasteiger partial charge in [-0.2, -0.15) is 0 Å². The normalized spacial score (nSPS) is 19.7. The number of rotatable bonds is 18. The molecule has 0 spiro atoms. The number of hydrogen-bond donors (Lipinski definition) is 3. The maximum absolute atomic E-state index is 14.1. The highest BCUT2D eigenvalue weighted by Crippen LogP contribution is 2.30. The number of methoxy groups -OCH3 is 2. The molecule has 12 nitrogen and oxygen atoms in total. The third-order valence-electron chi connectivity index (χ3n) is 10.0. The summed E-state index contributed by atoms with van der Waals surface area (Å²) in [7, 11) is 4.92. The predicted molar refractivity (Wildman–Crippen MR) is 189 cm³/mol. The lowest BCUT2D eigenvalue weighted by Gasteiger charge is -2.40. The van der Waals surface area contributed by atoms with Gasteiger partial charge in [0.2, 0.25) is 23.7 Å². The van der Waals surface area contributed by atoms with Crippen LogP contribution in [0.3, 0.4) is 0 Å². The molecule has 272 valence electrons. The Bertz CT molecular complexity index is 1320. The minimum atomic E-state index is -0.865. The Morgan fingerprint density at radius 1 is 1.02 bits per heavy atom. The number of aromatic nitrogens is 2. The molecule has 1 aliphatic rings. The van der Waals surface area contributed by atoms with Gasteiger partial charge < -0.3 is 35.0 Å². The summed E-state index contributed by atoms with van der Waals surface area (Å²) in [6.45, 7) is 12.2. The summed E-state index contributed by atoms with van der Waals surface area (Å²) < 4.78 is 11.9. The number of nitrogens with one attached hydrogen (secondary N) is 2. The Hall–Kier alpha value is -3.61. The zero-order chi connectivity index (χ0) is 36.2. The second-order valence-corrected chi connectivity index (χ2v) is 13.7. The number of anilines is 1. The van der Waals surface area contributed by atoms with Crippen molar-refractivity contribution in [1.29, 1.82) is 0 Å². The van der Waals surface area contributed by atoms with Crippen LogP contribution in [-0.2, 0) is 23.9 Å². The van der Waals surface area contributed by atoms with Crippen molar-refractivity contribution in [2.24, 2.45) is 17.8 Å². The van der Waals surface area contributed by atoms with E-state index in [9.17, 15) is 19.5 Å². The van der Waals surface area contributed by atoms with Crippen molar-refractivity contribution in [1.82, 2.24) is 25.1 Å². The molecule has 3 N–H and O–H groups in total. The number of hydrogen-bond acceptors (Lipinski definition) is 9. The van der Waals surface area contributed by atoms with Gasteiger partial charge in [-0.15, -0.1) is 0 Å². The summed E-state index contributed by atoms with van der Waals surface area (Å²) in [4.78, 5) is 53.5. The van der Waals surface area contributed by atoms with Crippen molar-refractivity contribution >= 4 is 23.7 Å². The maximum Gasteiger partial charge on any atom is 0.245 e. The molecular formula is C37H58N6O6. The number of benzene rings is 1. The van der Waals surface area contributed by atoms with Gasteiger partial charge in [0.25, 0.3) is 0 Å². The van der Waals surface area contributed by atoms with E-state index in [4.69, 9.17) is 9.47 Å². The number of carbonyl (C=O) groups excluding carboxylic acids is 3. The van der Waals surface area contributed by atoms with Crippen LogP contribution < -0.4 is 10.6 Å². The quantitative estimate of drug-likeness (QED) is 0.212. The van der Waals surface area contributed by atoms with Crippen LogP contribution in [0.15, 0.2) is 48.8 Å². The molecule has 2 aromatic rings. The molecule has 1 aromatic carbocycles. The molecular weight excluding hydrogens is 624 g/mol. The zero-order valence-electron chi connectivity index (χ0n) is 30.7. The Morgan fingerprint density at radius 3 is 2.24 bits per heavy atom. The van der Waals surface area contributed by atoms with Crippen LogP contribution in [0.5, 0.6) is 0 Å². The van der Waals surface area contributed by atoms with Crippen molar-refractivity contribution in [2.75, 3.05) is 33.1 Å². The van der Waals surface area contributed by atoms with E-state index in [1.807, 2.05) is 49.1 Å². The average molecular weight is 683 g/mol. The fourth-order valence-corrected chi connectivity index (χ4v) is 6.93. The lowest BCUT2D eigenvalue weighted by Crippen LogP contribution is -2.56. The molecule has 3 amide bonds. The standard InChI is InChI=1S/C37H58N6O6/c1-10-24(4)32(42(7)36(47)31(23(2)3)41-37-38-19-15-20-39-37)29(48-8)22-30(44)43-21-14-18-28(43)34(49-9)25(5)35(46)40-26(6)33(45)27-16-12-11-13-17-27/h11-13,15-17,19-20,23-26,28-29,31-34,45H,10,14,18,21-22H2,1-9H3,(H,40,46)(H,38,39,41)/t24-,25+,26+,28?,29+,31?,32-,33+,34+/m0/s1. The first-order chi connectivity index (χ1) is 23.4. The first-order valence-electron chi connectivity index (χ1n) is 17.5.